The van der Waals surface area contributed by atoms with Crippen LogP contribution in [0.15, 0.2) is 41.3 Å². The highest BCUT2D eigenvalue weighted by Crippen LogP contribution is 2.28. The molecule has 0 atom stereocenters. The molecule has 0 aromatic heterocycles. The first-order valence-electron chi connectivity index (χ1n) is 7.83. The lowest BCUT2D eigenvalue weighted by Crippen LogP contribution is -2.41. The average molecular weight is 347 g/mol. The van der Waals surface area contributed by atoms with E-state index in [4.69, 9.17) is 4.74 Å². The van der Waals surface area contributed by atoms with Gasteiger partial charge in [0.2, 0.25) is 10.0 Å². The third-order valence-electron chi connectivity index (χ3n) is 4.07. The first-order valence-corrected chi connectivity index (χ1v) is 9.31. The molecule has 0 spiro atoms. The molecule has 0 radical (unpaired) electrons. The Hall–Kier alpha value is -1.85. The third kappa shape index (κ3) is 3.79. The highest BCUT2D eigenvalue weighted by Gasteiger charge is 2.30. The van der Waals surface area contributed by atoms with Crippen LogP contribution in [0.5, 0.6) is 5.75 Å². The second-order valence-corrected chi connectivity index (χ2v) is 8.31. The lowest BCUT2D eigenvalue weighted by molar-refractivity contribution is 0.413. The molecule has 130 valence electrons. The molecule has 0 bridgehead atoms. The van der Waals surface area contributed by atoms with E-state index < -0.39 is 15.6 Å². The lowest BCUT2D eigenvalue weighted by Gasteiger charge is -2.27. The Labute approximate surface area is 144 Å². The van der Waals surface area contributed by atoms with E-state index in [1.165, 1.54) is 0 Å². The molecule has 0 aliphatic rings. The van der Waals surface area contributed by atoms with Crippen LogP contribution < -0.4 is 9.46 Å². The Morgan fingerprint density at radius 2 is 1.46 bits per heavy atom. The van der Waals surface area contributed by atoms with Crippen molar-refractivity contribution in [1.29, 1.82) is 0 Å². The molecule has 0 unspecified atom stereocenters. The van der Waals surface area contributed by atoms with Crippen molar-refractivity contribution in [1.82, 2.24) is 4.72 Å². The number of aryl methyl sites for hydroxylation is 3. The molecule has 0 saturated heterocycles. The number of hydrogen-bond donors (Lipinski definition) is 1. The van der Waals surface area contributed by atoms with Crippen LogP contribution in [-0.2, 0) is 15.6 Å². The minimum Gasteiger partial charge on any atom is -0.497 e. The summed E-state index contributed by atoms with van der Waals surface area (Å²) in [7, 11) is -2.04. The topological polar surface area (TPSA) is 55.4 Å². The molecule has 0 heterocycles. The second kappa shape index (κ2) is 6.57. The fourth-order valence-corrected chi connectivity index (χ4v) is 4.90. The van der Waals surface area contributed by atoms with Crippen LogP contribution in [0.25, 0.3) is 0 Å². The van der Waals surface area contributed by atoms with Crippen molar-refractivity contribution in [3.05, 3.63) is 58.7 Å². The molecular formula is C19H25NO3S. The Bertz CT molecular complexity index is 814. The minimum atomic E-state index is -3.64. The van der Waals surface area contributed by atoms with E-state index in [-0.39, 0.29) is 0 Å². The average Bonchev–Trinajstić information content (AvgIpc) is 2.44. The Kier molecular flexibility index (Phi) is 5.06. The van der Waals surface area contributed by atoms with Crippen LogP contribution in [0.2, 0.25) is 0 Å². The van der Waals surface area contributed by atoms with E-state index >= 15 is 0 Å². The predicted molar refractivity (Wildman–Crippen MR) is 97.0 cm³/mol. The van der Waals surface area contributed by atoms with Gasteiger partial charge in [-0.05, 0) is 63.4 Å². The van der Waals surface area contributed by atoms with Gasteiger partial charge < -0.3 is 4.74 Å². The highest BCUT2D eigenvalue weighted by molar-refractivity contribution is 7.89. The minimum absolute atomic E-state index is 0.356. The van der Waals surface area contributed by atoms with Crippen molar-refractivity contribution >= 4 is 10.0 Å². The van der Waals surface area contributed by atoms with Crippen molar-refractivity contribution in [2.45, 2.75) is 45.1 Å². The first kappa shape index (κ1) is 18.5. The predicted octanol–water partition coefficient (Wildman–Crippen LogP) is 3.83. The number of nitrogens with one attached hydrogen (secondary N) is 1. The van der Waals surface area contributed by atoms with E-state index in [0.717, 1.165) is 28.0 Å². The standard InChI is InChI=1S/C19H25NO3S/c1-13-11-14(2)18(15(3)12-13)24(21,22)20-19(4,5)16-7-9-17(23-6)10-8-16/h7-12,20H,1-6H3. The van der Waals surface area contributed by atoms with Gasteiger partial charge in [-0.2, -0.15) is 0 Å². The molecule has 0 aliphatic carbocycles. The molecule has 4 nitrogen and oxygen atoms in total. The maximum Gasteiger partial charge on any atom is 0.241 e. The summed E-state index contributed by atoms with van der Waals surface area (Å²) in [6.07, 6.45) is 0. The summed E-state index contributed by atoms with van der Waals surface area (Å²) >= 11 is 0. The van der Waals surface area contributed by atoms with Gasteiger partial charge in [0.05, 0.1) is 17.5 Å². The molecule has 1 N–H and O–H groups in total. The molecule has 2 aromatic rings. The van der Waals surface area contributed by atoms with Crippen LogP contribution in [0.3, 0.4) is 0 Å². The summed E-state index contributed by atoms with van der Waals surface area (Å²) in [6, 6.07) is 11.2. The van der Waals surface area contributed by atoms with Crippen molar-refractivity contribution < 1.29 is 13.2 Å². The molecule has 5 heteroatoms. The van der Waals surface area contributed by atoms with Crippen molar-refractivity contribution in [2.75, 3.05) is 7.11 Å². The SMILES string of the molecule is COc1ccc(C(C)(C)NS(=O)(=O)c2c(C)cc(C)cc2C)cc1. The fourth-order valence-electron chi connectivity index (χ4n) is 3.04. The zero-order valence-electron chi connectivity index (χ0n) is 15.1. The van der Waals surface area contributed by atoms with E-state index in [9.17, 15) is 8.42 Å². The monoisotopic (exact) mass is 347 g/mol. The van der Waals surface area contributed by atoms with Crippen LogP contribution in [-0.4, -0.2) is 15.5 Å². The van der Waals surface area contributed by atoms with Crippen LogP contribution in [0, 0.1) is 20.8 Å². The number of benzene rings is 2. The lowest BCUT2D eigenvalue weighted by atomic mass is 9.96. The molecule has 2 aromatic carbocycles. The highest BCUT2D eigenvalue weighted by atomic mass is 32.2. The van der Waals surface area contributed by atoms with Crippen LogP contribution in [0.4, 0.5) is 0 Å². The van der Waals surface area contributed by atoms with Gasteiger partial charge >= 0.3 is 0 Å². The summed E-state index contributed by atoms with van der Waals surface area (Å²) < 4.78 is 33.9. The Balaban J connectivity index is 2.40. The summed E-state index contributed by atoms with van der Waals surface area (Å²) in [4.78, 5) is 0.356. The van der Waals surface area contributed by atoms with E-state index in [0.29, 0.717) is 4.90 Å². The number of hydrogen-bond acceptors (Lipinski definition) is 3. The summed E-state index contributed by atoms with van der Waals surface area (Å²) in [5.74, 6) is 0.739. The number of sulfonamides is 1. The molecule has 2 rings (SSSR count). The smallest absolute Gasteiger partial charge is 0.241 e. The fraction of sp³-hybridized carbons (Fsp3) is 0.368. The zero-order chi connectivity index (χ0) is 18.1. The van der Waals surface area contributed by atoms with Crippen molar-refractivity contribution in [3.8, 4) is 5.75 Å². The van der Waals surface area contributed by atoms with E-state index in [1.54, 1.807) is 7.11 Å². The number of methoxy groups -OCH3 is 1. The summed E-state index contributed by atoms with van der Waals surface area (Å²) in [5, 5.41) is 0. The van der Waals surface area contributed by atoms with Gasteiger partial charge in [-0.3, -0.25) is 0 Å². The van der Waals surface area contributed by atoms with E-state index in [1.807, 2.05) is 71.0 Å². The van der Waals surface area contributed by atoms with Gasteiger partial charge in [0, 0.05) is 0 Å². The summed E-state index contributed by atoms with van der Waals surface area (Å²) in [6.45, 7) is 9.32. The quantitative estimate of drug-likeness (QED) is 0.894. The number of rotatable bonds is 5. The van der Waals surface area contributed by atoms with Gasteiger partial charge in [0.25, 0.3) is 0 Å². The van der Waals surface area contributed by atoms with Crippen LogP contribution in [0.1, 0.15) is 36.1 Å². The molecule has 24 heavy (non-hydrogen) atoms. The largest absolute Gasteiger partial charge is 0.497 e. The van der Waals surface area contributed by atoms with Gasteiger partial charge in [-0.25, -0.2) is 13.1 Å². The van der Waals surface area contributed by atoms with Crippen molar-refractivity contribution in [2.24, 2.45) is 0 Å². The second-order valence-electron chi connectivity index (χ2n) is 6.69. The molecule has 0 amide bonds. The molecule has 0 fully saturated rings. The normalized spacial score (nSPS) is 12.2. The van der Waals surface area contributed by atoms with Gasteiger partial charge in [0.1, 0.15) is 5.75 Å². The van der Waals surface area contributed by atoms with Crippen LogP contribution >= 0.6 is 0 Å². The third-order valence-corrected chi connectivity index (χ3v) is 6.04. The maximum atomic E-state index is 13.0. The summed E-state index contributed by atoms with van der Waals surface area (Å²) in [5.41, 5.74) is 2.69. The molecule has 0 saturated carbocycles. The van der Waals surface area contributed by atoms with Gasteiger partial charge in [-0.15, -0.1) is 0 Å². The zero-order valence-corrected chi connectivity index (χ0v) is 15.9. The first-order chi connectivity index (χ1) is 11.1. The molecular weight excluding hydrogens is 322 g/mol. The maximum absolute atomic E-state index is 13.0. The van der Waals surface area contributed by atoms with Gasteiger partial charge in [0.15, 0.2) is 0 Å². The molecule has 0 aliphatic heterocycles. The van der Waals surface area contributed by atoms with Crippen molar-refractivity contribution in [3.63, 3.8) is 0 Å². The van der Waals surface area contributed by atoms with Gasteiger partial charge in [-0.1, -0.05) is 29.8 Å². The van der Waals surface area contributed by atoms with E-state index in [2.05, 4.69) is 4.72 Å². The Morgan fingerprint density at radius 3 is 1.92 bits per heavy atom. The Morgan fingerprint density at radius 1 is 0.958 bits per heavy atom. The number of ether oxygens (including phenoxy) is 1.